The van der Waals surface area contributed by atoms with Crippen molar-refractivity contribution in [2.45, 2.75) is 57.6 Å². The van der Waals surface area contributed by atoms with Crippen molar-refractivity contribution < 1.29 is 13.2 Å². The van der Waals surface area contributed by atoms with Gasteiger partial charge in [-0.1, -0.05) is 12.8 Å². The van der Waals surface area contributed by atoms with Crippen molar-refractivity contribution in [3.63, 3.8) is 0 Å². The second kappa shape index (κ2) is 6.32. The molecule has 0 radical (unpaired) electrons. The molecule has 0 unspecified atom stereocenters. The lowest BCUT2D eigenvalue weighted by Gasteiger charge is -2.25. The first-order valence-corrected chi connectivity index (χ1v) is 8.42. The van der Waals surface area contributed by atoms with Gasteiger partial charge in [0.25, 0.3) is 10.2 Å². The van der Waals surface area contributed by atoms with Gasteiger partial charge < -0.3 is 4.74 Å². The SMILES string of the molecule is C[C@H](NS(=O)(=O)N1CCCCCC1)[C@@H]1CCCO1. The molecule has 5 nitrogen and oxygen atoms in total. The quantitative estimate of drug-likeness (QED) is 0.841. The van der Waals surface area contributed by atoms with Gasteiger partial charge >= 0.3 is 0 Å². The average molecular weight is 276 g/mol. The van der Waals surface area contributed by atoms with Crippen LogP contribution in [0.1, 0.15) is 45.4 Å². The first-order chi connectivity index (χ1) is 8.59. The Morgan fingerprint density at radius 1 is 1.17 bits per heavy atom. The Bertz CT molecular complexity index is 344. The lowest BCUT2D eigenvalue weighted by molar-refractivity contribution is 0.0896. The van der Waals surface area contributed by atoms with E-state index in [4.69, 9.17) is 4.74 Å². The Morgan fingerprint density at radius 2 is 1.83 bits per heavy atom. The summed E-state index contributed by atoms with van der Waals surface area (Å²) in [6, 6.07) is -0.138. The minimum atomic E-state index is -3.34. The summed E-state index contributed by atoms with van der Waals surface area (Å²) in [5.74, 6) is 0. The van der Waals surface area contributed by atoms with Crippen molar-refractivity contribution in [3.05, 3.63) is 0 Å². The molecule has 2 atom stereocenters. The molecule has 0 bridgehead atoms. The van der Waals surface area contributed by atoms with Gasteiger partial charge in [-0.3, -0.25) is 0 Å². The van der Waals surface area contributed by atoms with Gasteiger partial charge in [0.15, 0.2) is 0 Å². The largest absolute Gasteiger partial charge is 0.377 e. The molecule has 2 aliphatic rings. The zero-order valence-electron chi connectivity index (χ0n) is 11.1. The Hall–Kier alpha value is -0.170. The highest BCUT2D eigenvalue weighted by atomic mass is 32.2. The van der Waals surface area contributed by atoms with Crippen molar-refractivity contribution in [1.82, 2.24) is 9.03 Å². The summed E-state index contributed by atoms with van der Waals surface area (Å²) in [6.45, 7) is 3.94. The molecule has 18 heavy (non-hydrogen) atoms. The highest BCUT2D eigenvalue weighted by Gasteiger charge is 2.29. The maximum absolute atomic E-state index is 12.3. The molecule has 106 valence electrons. The summed E-state index contributed by atoms with van der Waals surface area (Å²) in [6.07, 6.45) is 6.21. The fourth-order valence-electron chi connectivity index (χ4n) is 2.66. The fourth-order valence-corrected chi connectivity index (χ4v) is 4.17. The average Bonchev–Trinajstić information content (AvgIpc) is 2.70. The van der Waals surface area contributed by atoms with Crippen LogP contribution < -0.4 is 4.72 Å². The Balaban J connectivity index is 1.92. The van der Waals surface area contributed by atoms with Gasteiger partial charge in [-0.15, -0.1) is 0 Å². The van der Waals surface area contributed by atoms with Crippen LogP contribution in [0.25, 0.3) is 0 Å². The summed E-state index contributed by atoms with van der Waals surface area (Å²) >= 11 is 0. The van der Waals surface area contributed by atoms with E-state index < -0.39 is 10.2 Å². The van der Waals surface area contributed by atoms with Gasteiger partial charge in [0.2, 0.25) is 0 Å². The van der Waals surface area contributed by atoms with Gasteiger partial charge in [0.1, 0.15) is 0 Å². The van der Waals surface area contributed by atoms with Crippen molar-refractivity contribution in [3.8, 4) is 0 Å². The van der Waals surface area contributed by atoms with Crippen LogP contribution in [-0.4, -0.2) is 44.6 Å². The third kappa shape index (κ3) is 3.66. The molecule has 0 aromatic rings. The molecular formula is C12H24N2O3S. The summed E-state index contributed by atoms with van der Waals surface area (Å²) in [4.78, 5) is 0. The molecule has 6 heteroatoms. The van der Waals surface area contributed by atoms with Crippen LogP contribution in [0, 0.1) is 0 Å². The highest BCUT2D eigenvalue weighted by Crippen LogP contribution is 2.18. The first kappa shape index (κ1) is 14.2. The predicted molar refractivity (Wildman–Crippen MR) is 70.5 cm³/mol. The number of nitrogens with one attached hydrogen (secondary N) is 1. The van der Waals surface area contributed by atoms with Gasteiger partial charge in [-0.05, 0) is 32.6 Å². The van der Waals surface area contributed by atoms with E-state index in [0.29, 0.717) is 13.1 Å². The van der Waals surface area contributed by atoms with Crippen LogP contribution in [0.3, 0.4) is 0 Å². The molecule has 2 heterocycles. The van der Waals surface area contributed by atoms with E-state index >= 15 is 0 Å². The van der Waals surface area contributed by atoms with E-state index in [9.17, 15) is 8.42 Å². The number of rotatable bonds is 4. The van der Waals surface area contributed by atoms with Crippen LogP contribution in [0.4, 0.5) is 0 Å². The molecule has 0 saturated carbocycles. The summed E-state index contributed by atoms with van der Waals surface area (Å²) < 4.78 is 34.4. The molecule has 0 aliphatic carbocycles. The lowest BCUT2D eigenvalue weighted by atomic mass is 10.1. The number of hydrogen-bond donors (Lipinski definition) is 1. The number of nitrogens with zero attached hydrogens (tertiary/aromatic N) is 1. The monoisotopic (exact) mass is 276 g/mol. The smallest absolute Gasteiger partial charge is 0.279 e. The second-order valence-electron chi connectivity index (χ2n) is 5.28. The van der Waals surface area contributed by atoms with E-state index in [0.717, 1.165) is 45.1 Å². The Kier molecular flexibility index (Phi) is 5.00. The molecule has 0 aromatic carbocycles. The van der Waals surface area contributed by atoms with E-state index in [1.165, 1.54) is 0 Å². The van der Waals surface area contributed by atoms with Crippen molar-refractivity contribution in [2.75, 3.05) is 19.7 Å². The second-order valence-corrected chi connectivity index (χ2v) is 6.98. The molecular weight excluding hydrogens is 252 g/mol. The summed E-state index contributed by atoms with van der Waals surface area (Å²) in [5, 5.41) is 0. The van der Waals surface area contributed by atoms with Gasteiger partial charge in [0, 0.05) is 25.7 Å². The molecule has 2 aliphatic heterocycles. The minimum Gasteiger partial charge on any atom is -0.377 e. The zero-order chi connectivity index (χ0) is 13.0. The molecule has 1 N–H and O–H groups in total. The number of hydrogen-bond acceptors (Lipinski definition) is 3. The summed E-state index contributed by atoms with van der Waals surface area (Å²) in [5.41, 5.74) is 0. The van der Waals surface area contributed by atoms with E-state index in [1.807, 2.05) is 6.92 Å². The van der Waals surface area contributed by atoms with Crippen LogP contribution in [-0.2, 0) is 14.9 Å². The standard InChI is InChI=1S/C12H24N2O3S/c1-11(12-7-6-10-17-12)13-18(15,16)14-8-4-2-3-5-9-14/h11-13H,2-10H2,1H3/t11-,12-/m0/s1. The molecule has 2 rings (SSSR count). The zero-order valence-corrected chi connectivity index (χ0v) is 11.9. The summed E-state index contributed by atoms with van der Waals surface area (Å²) in [7, 11) is -3.34. The predicted octanol–water partition coefficient (Wildman–Crippen LogP) is 1.26. The van der Waals surface area contributed by atoms with Crippen LogP contribution in [0.2, 0.25) is 0 Å². The van der Waals surface area contributed by atoms with Gasteiger partial charge in [0.05, 0.1) is 6.10 Å². The molecule has 0 aromatic heterocycles. The lowest BCUT2D eigenvalue weighted by Crippen LogP contribution is -2.48. The first-order valence-electron chi connectivity index (χ1n) is 6.98. The van der Waals surface area contributed by atoms with Gasteiger partial charge in [-0.2, -0.15) is 17.4 Å². The van der Waals surface area contributed by atoms with Crippen molar-refractivity contribution in [1.29, 1.82) is 0 Å². The van der Waals surface area contributed by atoms with Crippen LogP contribution in [0.5, 0.6) is 0 Å². The molecule has 0 spiro atoms. The van der Waals surface area contributed by atoms with Gasteiger partial charge in [-0.25, -0.2) is 0 Å². The Labute approximate surface area is 110 Å². The number of ether oxygens (including phenoxy) is 1. The maximum atomic E-state index is 12.3. The van der Waals surface area contributed by atoms with E-state index in [-0.39, 0.29) is 12.1 Å². The van der Waals surface area contributed by atoms with Crippen molar-refractivity contribution >= 4 is 10.2 Å². The molecule has 2 saturated heterocycles. The third-order valence-corrected chi connectivity index (χ3v) is 5.48. The van der Waals surface area contributed by atoms with Crippen LogP contribution in [0.15, 0.2) is 0 Å². The van der Waals surface area contributed by atoms with Crippen molar-refractivity contribution in [2.24, 2.45) is 0 Å². The molecule has 2 fully saturated rings. The Morgan fingerprint density at radius 3 is 2.39 bits per heavy atom. The minimum absolute atomic E-state index is 0.0340. The highest BCUT2D eigenvalue weighted by molar-refractivity contribution is 7.87. The fraction of sp³-hybridized carbons (Fsp3) is 1.00. The third-order valence-electron chi connectivity index (χ3n) is 3.76. The van der Waals surface area contributed by atoms with E-state index in [2.05, 4.69) is 4.72 Å². The maximum Gasteiger partial charge on any atom is 0.279 e. The topological polar surface area (TPSA) is 58.6 Å². The normalized spacial score (nSPS) is 29.1. The van der Waals surface area contributed by atoms with Crippen LogP contribution >= 0.6 is 0 Å². The molecule has 0 amide bonds. The van der Waals surface area contributed by atoms with E-state index in [1.54, 1.807) is 4.31 Å².